The smallest absolute Gasteiger partial charge is 0.145 e. The number of carbonyl (C=O) groups is 1. The Morgan fingerprint density at radius 1 is 1.67 bits per heavy atom. The summed E-state index contributed by atoms with van der Waals surface area (Å²) in [6.07, 6.45) is 1.99. The number of ether oxygens (including phenoxy) is 1. The van der Waals surface area contributed by atoms with Crippen molar-refractivity contribution in [2.45, 2.75) is 19.4 Å². The average molecular weight is 171 g/mol. The first-order valence-corrected chi connectivity index (χ1v) is 4.45. The maximum atomic E-state index is 9.99. The van der Waals surface area contributed by atoms with E-state index in [0.717, 1.165) is 18.7 Å². The normalized spacial score (nSPS) is 30.8. The molecule has 12 heavy (non-hydrogen) atoms. The van der Waals surface area contributed by atoms with Crippen LogP contribution in [0.25, 0.3) is 0 Å². The quantitative estimate of drug-likeness (QED) is 0.457. The molecule has 2 atom stereocenters. The molecule has 1 aliphatic heterocycles. The molecule has 1 aliphatic rings. The van der Waals surface area contributed by atoms with Gasteiger partial charge in [-0.3, -0.25) is 0 Å². The first-order chi connectivity index (χ1) is 5.74. The molecular weight excluding hydrogens is 154 g/mol. The molecule has 0 saturated carbocycles. The summed E-state index contributed by atoms with van der Waals surface area (Å²) in [5.41, 5.74) is 0. The zero-order valence-corrected chi connectivity index (χ0v) is 7.82. The van der Waals surface area contributed by atoms with Crippen LogP contribution in [-0.4, -0.2) is 44.0 Å². The topological polar surface area (TPSA) is 29.5 Å². The molecule has 0 amide bonds. The van der Waals surface area contributed by atoms with Crippen molar-refractivity contribution < 1.29 is 9.53 Å². The van der Waals surface area contributed by atoms with Crippen LogP contribution in [0, 0.1) is 5.92 Å². The van der Waals surface area contributed by atoms with Gasteiger partial charge in [-0.1, -0.05) is 6.92 Å². The molecule has 3 nitrogen and oxygen atoms in total. The van der Waals surface area contributed by atoms with E-state index in [1.54, 1.807) is 0 Å². The lowest BCUT2D eigenvalue weighted by molar-refractivity contribution is -0.112. The first kappa shape index (κ1) is 9.68. The summed E-state index contributed by atoms with van der Waals surface area (Å²) in [6, 6.07) is 0.514. The molecule has 2 unspecified atom stereocenters. The van der Waals surface area contributed by atoms with Crippen LogP contribution < -0.4 is 0 Å². The third kappa shape index (κ3) is 2.57. The van der Waals surface area contributed by atoms with Crippen molar-refractivity contribution in [1.29, 1.82) is 0 Å². The number of rotatable bonds is 4. The highest BCUT2D eigenvalue weighted by Gasteiger charge is 2.26. The Labute approximate surface area is 73.7 Å². The lowest BCUT2D eigenvalue weighted by Gasteiger charge is -2.18. The Bertz CT molecular complexity index is 149. The van der Waals surface area contributed by atoms with Crippen LogP contribution >= 0.6 is 0 Å². The minimum absolute atomic E-state index is 0.235. The molecule has 0 aromatic rings. The molecule has 0 aromatic carbocycles. The zero-order chi connectivity index (χ0) is 8.97. The average Bonchev–Trinajstić information content (AvgIpc) is 2.31. The van der Waals surface area contributed by atoms with Crippen LogP contribution in [0.4, 0.5) is 0 Å². The highest BCUT2D eigenvalue weighted by Crippen LogP contribution is 2.20. The summed E-state index contributed by atoms with van der Waals surface area (Å²) in [7, 11) is 2.11. The van der Waals surface area contributed by atoms with Gasteiger partial charge in [-0.2, -0.15) is 0 Å². The number of hydrogen-bond donors (Lipinski definition) is 0. The molecule has 0 radical (unpaired) electrons. The van der Waals surface area contributed by atoms with E-state index in [0.29, 0.717) is 12.6 Å². The van der Waals surface area contributed by atoms with Crippen LogP contribution in [0.3, 0.4) is 0 Å². The summed E-state index contributed by atoms with van der Waals surface area (Å²) < 4.78 is 5.18. The highest BCUT2D eigenvalue weighted by molar-refractivity contribution is 5.50. The standard InChI is InChI=1S/C9H17NO2/c1-8-5-9(10(2)6-8)7-12-4-3-11/h3,8-9H,4-7H2,1-2H3. The molecule has 0 bridgehead atoms. The van der Waals surface area contributed by atoms with E-state index < -0.39 is 0 Å². The summed E-state index contributed by atoms with van der Waals surface area (Å²) >= 11 is 0. The summed E-state index contributed by atoms with van der Waals surface area (Å²) in [6.45, 7) is 4.32. The van der Waals surface area contributed by atoms with Crippen LogP contribution in [0.15, 0.2) is 0 Å². The van der Waals surface area contributed by atoms with Gasteiger partial charge in [0, 0.05) is 12.6 Å². The second-order valence-electron chi connectivity index (χ2n) is 3.64. The summed E-state index contributed by atoms with van der Waals surface area (Å²) in [5.74, 6) is 0.764. The SMILES string of the molecule is CC1CC(COCC=O)N(C)C1. The Morgan fingerprint density at radius 2 is 2.42 bits per heavy atom. The van der Waals surface area contributed by atoms with Gasteiger partial charge in [-0.05, 0) is 19.4 Å². The molecule has 3 heteroatoms. The van der Waals surface area contributed by atoms with Crippen molar-refractivity contribution in [3.05, 3.63) is 0 Å². The van der Waals surface area contributed by atoms with Crippen LogP contribution in [-0.2, 0) is 9.53 Å². The van der Waals surface area contributed by atoms with Crippen molar-refractivity contribution in [3.8, 4) is 0 Å². The van der Waals surface area contributed by atoms with Crippen molar-refractivity contribution in [3.63, 3.8) is 0 Å². The molecule has 1 fully saturated rings. The predicted octanol–water partition coefficient (Wildman–Crippen LogP) is 0.542. The fourth-order valence-electron chi connectivity index (χ4n) is 1.81. The largest absolute Gasteiger partial charge is 0.372 e. The minimum atomic E-state index is 0.235. The van der Waals surface area contributed by atoms with Crippen LogP contribution in [0.5, 0.6) is 0 Å². The number of carbonyl (C=O) groups excluding carboxylic acids is 1. The van der Waals surface area contributed by atoms with E-state index in [1.807, 2.05) is 0 Å². The van der Waals surface area contributed by atoms with E-state index in [4.69, 9.17) is 4.74 Å². The summed E-state index contributed by atoms with van der Waals surface area (Å²) in [5, 5.41) is 0. The van der Waals surface area contributed by atoms with Gasteiger partial charge in [0.15, 0.2) is 0 Å². The highest BCUT2D eigenvalue weighted by atomic mass is 16.5. The molecule has 0 spiro atoms. The fourth-order valence-corrected chi connectivity index (χ4v) is 1.81. The van der Waals surface area contributed by atoms with E-state index >= 15 is 0 Å². The second kappa shape index (κ2) is 4.58. The minimum Gasteiger partial charge on any atom is -0.372 e. The second-order valence-corrected chi connectivity index (χ2v) is 3.64. The van der Waals surface area contributed by atoms with E-state index in [9.17, 15) is 4.79 Å². The van der Waals surface area contributed by atoms with Crippen molar-refractivity contribution >= 4 is 6.29 Å². The molecule has 1 saturated heterocycles. The van der Waals surface area contributed by atoms with Gasteiger partial charge in [0.25, 0.3) is 0 Å². The third-order valence-electron chi connectivity index (χ3n) is 2.39. The summed E-state index contributed by atoms with van der Waals surface area (Å²) in [4.78, 5) is 12.3. The molecular formula is C9H17NO2. The van der Waals surface area contributed by atoms with Gasteiger partial charge in [0.1, 0.15) is 12.9 Å². The third-order valence-corrected chi connectivity index (χ3v) is 2.39. The van der Waals surface area contributed by atoms with Gasteiger partial charge in [-0.15, -0.1) is 0 Å². The van der Waals surface area contributed by atoms with Gasteiger partial charge < -0.3 is 14.4 Å². The van der Waals surface area contributed by atoms with E-state index in [2.05, 4.69) is 18.9 Å². The molecule has 1 rings (SSSR count). The van der Waals surface area contributed by atoms with Gasteiger partial charge >= 0.3 is 0 Å². The maximum Gasteiger partial charge on any atom is 0.145 e. The van der Waals surface area contributed by atoms with E-state index in [1.165, 1.54) is 6.42 Å². The van der Waals surface area contributed by atoms with Crippen molar-refractivity contribution in [2.24, 2.45) is 5.92 Å². The van der Waals surface area contributed by atoms with Crippen molar-refractivity contribution in [1.82, 2.24) is 4.90 Å². The first-order valence-electron chi connectivity index (χ1n) is 4.45. The number of likely N-dealkylation sites (N-methyl/N-ethyl adjacent to an activating group) is 1. The number of aldehydes is 1. The van der Waals surface area contributed by atoms with Gasteiger partial charge in [0.05, 0.1) is 6.61 Å². The Morgan fingerprint density at radius 3 is 2.92 bits per heavy atom. The molecule has 0 aliphatic carbocycles. The Balaban J connectivity index is 2.19. The Kier molecular flexibility index (Phi) is 3.69. The number of likely N-dealkylation sites (tertiary alicyclic amines) is 1. The van der Waals surface area contributed by atoms with Crippen LogP contribution in [0.2, 0.25) is 0 Å². The number of nitrogens with zero attached hydrogens (tertiary/aromatic N) is 1. The maximum absolute atomic E-state index is 9.99. The van der Waals surface area contributed by atoms with Gasteiger partial charge in [-0.25, -0.2) is 0 Å². The van der Waals surface area contributed by atoms with Crippen molar-refractivity contribution in [2.75, 3.05) is 26.8 Å². The molecule has 0 N–H and O–H groups in total. The molecule has 1 heterocycles. The fraction of sp³-hybridized carbons (Fsp3) is 0.889. The lowest BCUT2D eigenvalue weighted by atomic mass is 10.1. The predicted molar refractivity (Wildman–Crippen MR) is 47.1 cm³/mol. The molecule has 0 aromatic heterocycles. The zero-order valence-electron chi connectivity index (χ0n) is 7.82. The Hall–Kier alpha value is -0.410. The van der Waals surface area contributed by atoms with Crippen LogP contribution in [0.1, 0.15) is 13.3 Å². The van der Waals surface area contributed by atoms with Gasteiger partial charge in [0.2, 0.25) is 0 Å². The molecule has 70 valence electrons. The number of hydrogen-bond acceptors (Lipinski definition) is 3. The lowest BCUT2D eigenvalue weighted by Crippen LogP contribution is -2.29. The monoisotopic (exact) mass is 171 g/mol. The van der Waals surface area contributed by atoms with E-state index in [-0.39, 0.29) is 6.61 Å².